The first kappa shape index (κ1) is 22.7. The third-order valence-electron chi connectivity index (χ3n) is 4.60. The van der Waals surface area contributed by atoms with Crippen molar-refractivity contribution in [1.82, 2.24) is 14.8 Å². The quantitative estimate of drug-likeness (QED) is 0.252. The van der Waals surface area contributed by atoms with Gasteiger partial charge in [0.1, 0.15) is 12.4 Å². The Hall–Kier alpha value is -1.95. The van der Waals surface area contributed by atoms with Gasteiger partial charge in [-0.05, 0) is 47.7 Å². The van der Waals surface area contributed by atoms with Crippen LogP contribution in [0.4, 0.5) is 0 Å². The Morgan fingerprint density at radius 3 is 2.63 bits per heavy atom. The van der Waals surface area contributed by atoms with Gasteiger partial charge in [0, 0.05) is 12.3 Å². The van der Waals surface area contributed by atoms with Crippen LogP contribution in [0.15, 0.2) is 54.2 Å². The second-order valence-corrected chi connectivity index (χ2v) is 9.08. The molecule has 0 radical (unpaired) electrons. The van der Waals surface area contributed by atoms with Gasteiger partial charge < -0.3 is 4.74 Å². The average molecular weight is 462 g/mol. The van der Waals surface area contributed by atoms with Crippen molar-refractivity contribution in [2.24, 2.45) is 0 Å². The maximum Gasteiger partial charge on any atom is 0.191 e. The van der Waals surface area contributed by atoms with Crippen LogP contribution in [0, 0.1) is 6.92 Å². The summed E-state index contributed by atoms with van der Waals surface area (Å²) in [6.45, 7) is 11.2. The fourth-order valence-corrected chi connectivity index (χ4v) is 4.24. The minimum Gasteiger partial charge on any atom is -0.485 e. The summed E-state index contributed by atoms with van der Waals surface area (Å²) in [7, 11) is 0. The molecular formula is C23H25Cl2N3OS. The van der Waals surface area contributed by atoms with E-state index in [1.165, 1.54) is 11.1 Å². The molecule has 4 nitrogen and oxygen atoms in total. The fraction of sp³-hybridized carbons (Fsp3) is 0.304. The van der Waals surface area contributed by atoms with E-state index in [0.29, 0.717) is 34.9 Å². The van der Waals surface area contributed by atoms with Crippen LogP contribution >= 0.6 is 35.0 Å². The highest BCUT2D eigenvalue weighted by molar-refractivity contribution is 7.98. The molecule has 0 fully saturated rings. The lowest BCUT2D eigenvalue weighted by molar-refractivity contribution is 0.285. The van der Waals surface area contributed by atoms with Gasteiger partial charge in [-0.2, -0.15) is 0 Å². The normalized spacial score (nSPS) is 11.1. The van der Waals surface area contributed by atoms with Gasteiger partial charge >= 0.3 is 0 Å². The molecule has 0 amide bonds. The van der Waals surface area contributed by atoms with Gasteiger partial charge in [0.2, 0.25) is 0 Å². The summed E-state index contributed by atoms with van der Waals surface area (Å²) in [6, 6.07) is 12.0. The van der Waals surface area contributed by atoms with E-state index in [9.17, 15) is 0 Å². The number of nitrogens with zero attached hydrogens (tertiary/aromatic N) is 3. The fourth-order valence-electron chi connectivity index (χ4n) is 3.01. The largest absolute Gasteiger partial charge is 0.485 e. The minimum absolute atomic E-state index is 0.345. The van der Waals surface area contributed by atoms with Crippen LogP contribution in [0.5, 0.6) is 5.75 Å². The molecule has 0 saturated carbocycles. The van der Waals surface area contributed by atoms with Crippen LogP contribution in [0.2, 0.25) is 10.0 Å². The lowest BCUT2D eigenvalue weighted by atomic mass is 10.0. The number of rotatable bonds is 9. The van der Waals surface area contributed by atoms with Gasteiger partial charge in [-0.3, -0.25) is 4.57 Å². The topological polar surface area (TPSA) is 39.9 Å². The molecule has 7 heteroatoms. The van der Waals surface area contributed by atoms with Crippen LogP contribution in [0.25, 0.3) is 0 Å². The zero-order valence-electron chi connectivity index (χ0n) is 17.4. The third-order valence-corrected chi connectivity index (χ3v) is 6.38. The molecule has 0 bridgehead atoms. The monoisotopic (exact) mass is 461 g/mol. The number of benzene rings is 2. The molecule has 0 atom stereocenters. The Labute approximate surface area is 192 Å². The average Bonchev–Trinajstić information content (AvgIpc) is 3.09. The van der Waals surface area contributed by atoms with E-state index in [-0.39, 0.29) is 0 Å². The molecule has 0 saturated heterocycles. The molecule has 3 aromatic rings. The van der Waals surface area contributed by atoms with E-state index < -0.39 is 0 Å². The van der Waals surface area contributed by atoms with Gasteiger partial charge in [0.15, 0.2) is 11.0 Å². The molecule has 30 heavy (non-hydrogen) atoms. The third kappa shape index (κ3) is 5.60. The van der Waals surface area contributed by atoms with Crippen molar-refractivity contribution in [3.63, 3.8) is 0 Å². The van der Waals surface area contributed by atoms with Crippen molar-refractivity contribution in [3.8, 4) is 5.75 Å². The van der Waals surface area contributed by atoms with Crippen molar-refractivity contribution in [2.45, 2.75) is 50.8 Å². The van der Waals surface area contributed by atoms with E-state index in [1.807, 2.05) is 28.8 Å². The molecular weight excluding hydrogens is 437 g/mol. The maximum atomic E-state index is 6.16. The van der Waals surface area contributed by atoms with Gasteiger partial charge in [0.05, 0.1) is 10.0 Å². The van der Waals surface area contributed by atoms with E-state index >= 15 is 0 Å². The zero-order valence-corrected chi connectivity index (χ0v) is 19.7. The molecule has 1 aromatic heterocycles. The van der Waals surface area contributed by atoms with Gasteiger partial charge in [-0.15, -0.1) is 16.8 Å². The Morgan fingerprint density at radius 1 is 1.13 bits per heavy atom. The van der Waals surface area contributed by atoms with Crippen molar-refractivity contribution in [2.75, 3.05) is 0 Å². The number of hydrogen-bond acceptors (Lipinski definition) is 4. The number of halogens is 2. The van der Waals surface area contributed by atoms with Crippen LogP contribution in [0.1, 0.15) is 42.3 Å². The highest BCUT2D eigenvalue weighted by atomic mass is 35.5. The van der Waals surface area contributed by atoms with Gasteiger partial charge in [-0.1, -0.05) is 73.1 Å². The number of ether oxygens (including phenoxy) is 1. The van der Waals surface area contributed by atoms with Crippen molar-refractivity contribution in [3.05, 3.63) is 81.6 Å². The smallest absolute Gasteiger partial charge is 0.191 e. The molecule has 0 aliphatic heterocycles. The second kappa shape index (κ2) is 10.4. The molecule has 3 rings (SSSR count). The zero-order chi connectivity index (χ0) is 21.7. The number of hydrogen-bond donors (Lipinski definition) is 0. The number of aryl methyl sites for hydroxylation is 1. The molecule has 0 aliphatic carbocycles. The highest BCUT2D eigenvalue weighted by Gasteiger charge is 2.15. The molecule has 158 valence electrons. The lowest BCUT2D eigenvalue weighted by Gasteiger charge is -2.15. The number of aromatic nitrogens is 3. The molecule has 0 spiro atoms. The predicted octanol–water partition coefficient (Wildman–Crippen LogP) is 7.07. The van der Waals surface area contributed by atoms with Gasteiger partial charge in [0.25, 0.3) is 0 Å². The highest BCUT2D eigenvalue weighted by Crippen LogP contribution is 2.30. The second-order valence-electron chi connectivity index (χ2n) is 7.32. The summed E-state index contributed by atoms with van der Waals surface area (Å²) in [4.78, 5) is 0. The van der Waals surface area contributed by atoms with Crippen LogP contribution in [-0.2, 0) is 18.9 Å². The van der Waals surface area contributed by atoms with E-state index in [4.69, 9.17) is 27.9 Å². The van der Waals surface area contributed by atoms with Crippen LogP contribution in [0.3, 0.4) is 0 Å². The summed E-state index contributed by atoms with van der Waals surface area (Å²) in [6.07, 6.45) is 1.84. The Balaban J connectivity index is 1.75. The molecule has 0 aliphatic rings. The number of allylic oxidation sites excluding steroid dienone is 1. The first-order chi connectivity index (χ1) is 14.4. The SMILES string of the molecule is C=CCn1c(COc2cc(C)ccc2C(C)C)nnc1SCc1ccc(Cl)c(Cl)c1. The molecule has 2 aromatic carbocycles. The summed E-state index contributed by atoms with van der Waals surface area (Å²) in [5.74, 6) is 2.75. The van der Waals surface area contributed by atoms with Crippen LogP contribution in [-0.4, -0.2) is 14.8 Å². The maximum absolute atomic E-state index is 6.16. The predicted molar refractivity (Wildman–Crippen MR) is 126 cm³/mol. The van der Waals surface area contributed by atoms with Crippen LogP contribution < -0.4 is 4.74 Å². The molecule has 0 N–H and O–H groups in total. The summed E-state index contributed by atoms with van der Waals surface area (Å²) < 4.78 is 8.19. The van der Waals surface area contributed by atoms with Crippen molar-refractivity contribution in [1.29, 1.82) is 0 Å². The minimum atomic E-state index is 0.345. The summed E-state index contributed by atoms with van der Waals surface area (Å²) >= 11 is 13.7. The first-order valence-electron chi connectivity index (χ1n) is 9.72. The van der Waals surface area contributed by atoms with E-state index in [1.54, 1.807) is 11.8 Å². The van der Waals surface area contributed by atoms with Gasteiger partial charge in [-0.25, -0.2) is 0 Å². The Bertz CT molecular complexity index is 1030. The standard InChI is InChI=1S/C23H25Cl2N3OS/c1-5-10-28-22(13-29-21-11-16(4)6-8-18(21)15(2)3)26-27-23(28)30-14-17-7-9-19(24)20(25)12-17/h5-9,11-12,15H,1,10,13-14H2,2-4H3. The Kier molecular flexibility index (Phi) is 7.87. The lowest BCUT2D eigenvalue weighted by Crippen LogP contribution is -2.08. The number of thioether (sulfide) groups is 1. The molecule has 0 unspecified atom stereocenters. The first-order valence-corrected chi connectivity index (χ1v) is 11.5. The van der Waals surface area contributed by atoms with Crippen molar-refractivity contribution >= 4 is 35.0 Å². The van der Waals surface area contributed by atoms with E-state index in [0.717, 1.165) is 22.3 Å². The molecule has 1 heterocycles. The summed E-state index contributed by atoms with van der Waals surface area (Å²) in [5.41, 5.74) is 3.42. The van der Waals surface area contributed by atoms with Crippen molar-refractivity contribution < 1.29 is 4.74 Å². The van der Waals surface area contributed by atoms with E-state index in [2.05, 4.69) is 55.7 Å². The Morgan fingerprint density at radius 2 is 1.93 bits per heavy atom. The summed E-state index contributed by atoms with van der Waals surface area (Å²) in [5, 5.41) is 10.6.